The third-order valence-electron chi connectivity index (χ3n) is 4.09. The largest absolute Gasteiger partial charge is 0.377 e. The minimum atomic E-state index is 0.0133. The van der Waals surface area contributed by atoms with Gasteiger partial charge in [-0.3, -0.25) is 9.79 Å². The summed E-state index contributed by atoms with van der Waals surface area (Å²) in [6.07, 6.45) is 4.19. The lowest BCUT2D eigenvalue weighted by molar-refractivity contribution is 0.0827. The molecule has 136 valence electrons. The first-order valence-corrected chi connectivity index (χ1v) is 8.61. The Morgan fingerprint density at radius 2 is 2.00 bits per heavy atom. The fraction of sp³-hybridized carbons (Fsp3) is 0.474. The summed E-state index contributed by atoms with van der Waals surface area (Å²) in [4.78, 5) is 17.7. The first-order valence-electron chi connectivity index (χ1n) is 8.61. The number of benzene rings is 1. The van der Waals surface area contributed by atoms with E-state index < -0.39 is 0 Å². The van der Waals surface area contributed by atoms with Crippen LogP contribution in [0.15, 0.2) is 40.9 Å². The van der Waals surface area contributed by atoms with Gasteiger partial charge in [0.1, 0.15) is 0 Å². The van der Waals surface area contributed by atoms with E-state index in [4.69, 9.17) is 4.74 Å². The van der Waals surface area contributed by atoms with Crippen LogP contribution in [-0.4, -0.2) is 57.7 Å². The predicted octanol–water partition coefficient (Wildman–Crippen LogP) is 1.79. The molecule has 1 amide bonds. The number of nitrogens with one attached hydrogen (secondary N) is 2. The second-order valence-corrected chi connectivity index (χ2v) is 6.19. The molecule has 1 aromatic carbocycles. The molecule has 0 fully saturated rings. The van der Waals surface area contributed by atoms with E-state index in [1.54, 1.807) is 26.0 Å². The second kappa shape index (κ2) is 9.84. The van der Waals surface area contributed by atoms with Crippen LogP contribution in [0.1, 0.15) is 28.8 Å². The average Bonchev–Trinajstić information content (AvgIpc) is 2.65. The zero-order chi connectivity index (χ0) is 18.1. The predicted molar refractivity (Wildman–Crippen MR) is 101 cm³/mol. The zero-order valence-corrected chi connectivity index (χ0v) is 15.3. The van der Waals surface area contributed by atoms with Crippen molar-refractivity contribution in [2.24, 2.45) is 4.99 Å². The molecule has 0 saturated heterocycles. The molecular weight excluding hydrogens is 316 g/mol. The Hall–Kier alpha value is -2.34. The van der Waals surface area contributed by atoms with E-state index in [0.717, 1.165) is 44.1 Å². The zero-order valence-electron chi connectivity index (χ0n) is 15.3. The Balaban J connectivity index is 1.76. The minimum Gasteiger partial charge on any atom is -0.377 e. The van der Waals surface area contributed by atoms with Crippen LogP contribution >= 0.6 is 0 Å². The number of hydrogen-bond donors (Lipinski definition) is 2. The molecule has 1 heterocycles. The molecular formula is C19H28N4O2. The van der Waals surface area contributed by atoms with Gasteiger partial charge >= 0.3 is 0 Å². The van der Waals surface area contributed by atoms with Gasteiger partial charge in [0.15, 0.2) is 5.96 Å². The summed E-state index contributed by atoms with van der Waals surface area (Å²) in [6, 6.07) is 7.63. The summed E-state index contributed by atoms with van der Waals surface area (Å²) in [7, 11) is 5.27. The van der Waals surface area contributed by atoms with Crippen LogP contribution in [-0.2, 0) is 11.3 Å². The molecule has 6 heteroatoms. The fourth-order valence-corrected chi connectivity index (χ4v) is 2.56. The highest BCUT2D eigenvalue weighted by Gasteiger charge is 2.07. The van der Waals surface area contributed by atoms with Crippen LogP contribution in [0, 0.1) is 0 Å². The quantitative estimate of drug-likeness (QED) is 0.469. The number of carbonyl (C=O) groups excluding carboxylic acids is 1. The van der Waals surface area contributed by atoms with Crippen LogP contribution < -0.4 is 10.6 Å². The number of guanidine groups is 1. The van der Waals surface area contributed by atoms with Gasteiger partial charge in [0.2, 0.25) is 0 Å². The number of aliphatic imine (C=N–C) groups is 1. The summed E-state index contributed by atoms with van der Waals surface area (Å²) in [5.41, 5.74) is 3.24. The van der Waals surface area contributed by atoms with Crippen LogP contribution in [0.3, 0.4) is 0 Å². The molecule has 2 rings (SSSR count). The minimum absolute atomic E-state index is 0.0133. The fourth-order valence-electron chi connectivity index (χ4n) is 2.56. The number of ether oxygens (including phenoxy) is 1. The summed E-state index contributed by atoms with van der Waals surface area (Å²) >= 11 is 0. The van der Waals surface area contributed by atoms with E-state index in [2.05, 4.69) is 21.7 Å². The molecule has 1 aliphatic heterocycles. The van der Waals surface area contributed by atoms with Crippen LogP contribution in [0.2, 0.25) is 0 Å². The first-order chi connectivity index (χ1) is 12.1. The Kier molecular flexibility index (Phi) is 7.47. The van der Waals surface area contributed by atoms with E-state index in [9.17, 15) is 4.79 Å². The maximum Gasteiger partial charge on any atom is 0.253 e. The van der Waals surface area contributed by atoms with Crippen molar-refractivity contribution < 1.29 is 9.53 Å². The smallest absolute Gasteiger partial charge is 0.253 e. The highest BCUT2D eigenvalue weighted by molar-refractivity contribution is 5.93. The van der Waals surface area contributed by atoms with E-state index in [-0.39, 0.29) is 5.91 Å². The number of carbonyl (C=O) groups is 1. The van der Waals surface area contributed by atoms with Crippen molar-refractivity contribution in [3.8, 4) is 0 Å². The Morgan fingerprint density at radius 1 is 1.24 bits per heavy atom. The summed E-state index contributed by atoms with van der Waals surface area (Å²) < 4.78 is 5.32. The van der Waals surface area contributed by atoms with Gasteiger partial charge in [-0.25, -0.2) is 0 Å². The Morgan fingerprint density at radius 3 is 2.60 bits per heavy atom. The summed E-state index contributed by atoms with van der Waals surface area (Å²) in [5, 5.41) is 6.62. The molecule has 2 N–H and O–H groups in total. The van der Waals surface area contributed by atoms with Crippen molar-refractivity contribution in [2.45, 2.75) is 19.4 Å². The van der Waals surface area contributed by atoms with Crippen molar-refractivity contribution in [2.75, 3.05) is 40.9 Å². The molecule has 0 bridgehead atoms. The first kappa shape index (κ1) is 19.0. The maximum absolute atomic E-state index is 11.9. The number of nitrogens with zero attached hydrogens (tertiary/aromatic N) is 2. The monoisotopic (exact) mass is 344 g/mol. The van der Waals surface area contributed by atoms with Crippen molar-refractivity contribution in [1.82, 2.24) is 15.5 Å². The molecule has 6 nitrogen and oxygen atoms in total. The van der Waals surface area contributed by atoms with Crippen molar-refractivity contribution >= 4 is 11.9 Å². The lowest BCUT2D eigenvalue weighted by Crippen LogP contribution is -2.37. The Labute approximate surface area is 150 Å². The average molecular weight is 344 g/mol. The van der Waals surface area contributed by atoms with Crippen LogP contribution in [0.25, 0.3) is 0 Å². The lowest BCUT2D eigenvalue weighted by atomic mass is 10.1. The summed E-state index contributed by atoms with van der Waals surface area (Å²) in [6.45, 7) is 3.06. The van der Waals surface area contributed by atoms with E-state index >= 15 is 0 Å². The third kappa shape index (κ3) is 6.23. The van der Waals surface area contributed by atoms with Crippen LogP contribution in [0.5, 0.6) is 0 Å². The molecule has 25 heavy (non-hydrogen) atoms. The molecule has 0 unspecified atom stereocenters. The van der Waals surface area contributed by atoms with Crippen LogP contribution in [0.4, 0.5) is 0 Å². The molecule has 0 aromatic heterocycles. The van der Waals surface area contributed by atoms with Gasteiger partial charge in [-0.1, -0.05) is 23.8 Å². The van der Waals surface area contributed by atoms with E-state index in [1.165, 1.54) is 5.57 Å². The number of hydrogen-bond acceptors (Lipinski definition) is 3. The van der Waals surface area contributed by atoms with Gasteiger partial charge in [-0.15, -0.1) is 0 Å². The van der Waals surface area contributed by atoms with Crippen molar-refractivity contribution in [3.05, 3.63) is 47.0 Å². The van der Waals surface area contributed by atoms with E-state index in [1.807, 2.05) is 24.3 Å². The SMILES string of the molecule is CN=C(NCCC1=CCOCC1)NCc1ccc(C(=O)N(C)C)cc1. The van der Waals surface area contributed by atoms with Crippen molar-refractivity contribution in [1.29, 1.82) is 0 Å². The molecule has 0 aliphatic carbocycles. The number of amides is 1. The lowest BCUT2D eigenvalue weighted by Gasteiger charge is -2.16. The number of rotatable bonds is 6. The molecule has 0 spiro atoms. The van der Waals surface area contributed by atoms with E-state index in [0.29, 0.717) is 12.1 Å². The van der Waals surface area contributed by atoms with Gasteiger partial charge in [0, 0.05) is 39.8 Å². The van der Waals surface area contributed by atoms with Gasteiger partial charge < -0.3 is 20.3 Å². The molecule has 0 atom stereocenters. The molecule has 0 radical (unpaired) electrons. The van der Waals surface area contributed by atoms with Gasteiger partial charge in [0.25, 0.3) is 5.91 Å². The van der Waals surface area contributed by atoms with Crippen molar-refractivity contribution in [3.63, 3.8) is 0 Å². The molecule has 1 aromatic rings. The molecule has 1 aliphatic rings. The maximum atomic E-state index is 11.9. The topological polar surface area (TPSA) is 66.0 Å². The second-order valence-electron chi connectivity index (χ2n) is 6.19. The third-order valence-corrected chi connectivity index (χ3v) is 4.09. The highest BCUT2D eigenvalue weighted by Crippen LogP contribution is 2.10. The Bertz CT molecular complexity index is 621. The highest BCUT2D eigenvalue weighted by atomic mass is 16.5. The van der Waals surface area contributed by atoms with Gasteiger partial charge in [-0.05, 0) is 30.5 Å². The molecule has 0 saturated carbocycles. The normalized spacial score (nSPS) is 14.7. The standard InChI is InChI=1S/C19H28N4O2/c1-20-19(21-11-8-15-9-12-25-13-10-15)22-14-16-4-6-17(7-5-16)18(24)23(2)3/h4-7,9H,8,10-14H2,1-3H3,(H2,20,21,22). The van der Waals surface area contributed by atoms with Gasteiger partial charge in [0.05, 0.1) is 13.2 Å². The van der Waals surface area contributed by atoms with Gasteiger partial charge in [-0.2, -0.15) is 0 Å². The summed E-state index contributed by atoms with van der Waals surface area (Å²) in [5.74, 6) is 0.792.